The molecule has 2 heterocycles. The SMILES string of the molecule is CCC(=O)N(C)Cc1ccc(-c2ccc(C(=O)CCc3ccc(C)nc3C)nc2)cc1F. The lowest BCUT2D eigenvalue weighted by molar-refractivity contribution is -0.130. The van der Waals surface area contributed by atoms with E-state index in [0.29, 0.717) is 36.1 Å². The van der Waals surface area contributed by atoms with Gasteiger partial charge in [-0.2, -0.15) is 0 Å². The number of amides is 1. The number of halogens is 1. The van der Waals surface area contributed by atoms with Crippen LogP contribution in [0.15, 0.2) is 48.7 Å². The Labute approximate surface area is 188 Å². The fraction of sp³-hybridized carbons (Fsp3) is 0.308. The van der Waals surface area contributed by atoms with Crippen molar-refractivity contribution < 1.29 is 14.0 Å². The van der Waals surface area contributed by atoms with Crippen molar-refractivity contribution in [2.24, 2.45) is 0 Å². The van der Waals surface area contributed by atoms with Crippen LogP contribution in [0.3, 0.4) is 0 Å². The van der Waals surface area contributed by atoms with Crippen molar-refractivity contribution in [3.63, 3.8) is 0 Å². The Morgan fingerprint density at radius 2 is 1.72 bits per heavy atom. The average Bonchev–Trinajstić information content (AvgIpc) is 2.79. The number of aryl methyl sites for hydroxylation is 3. The molecule has 0 fully saturated rings. The van der Waals surface area contributed by atoms with Gasteiger partial charge in [0.15, 0.2) is 5.78 Å². The molecule has 1 amide bonds. The number of nitrogens with zero attached hydrogens (tertiary/aromatic N) is 3. The normalized spacial score (nSPS) is 10.8. The predicted octanol–water partition coefficient (Wildman–Crippen LogP) is 5.08. The first-order valence-corrected chi connectivity index (χ1v) is 10.7. The van der Waals surface area contributed by atoms with Crippen molar-refractivity contribution >= 4 is 11.7 Å². The number of carbonyl (C=O) groups excluding carboxylic acids is 2. The second-order valence-corrected chi connectivity index (χ2v) is 7.96. The van der Waals surface area contributed by atoms with Gasteiger partial charge in [-0.1, -0.05) is 31.2 Å². The van der Waals surface area contributed by atoms with E-state index in [9.17, 15) is 14.0 Å². The van der Waals surface area contributed by atoms with Crippen LogP contribution >= 0.6 is 0 Å². The first kappa shape index (κ1) is 23.3. The summed E-state index contributed by atoms with van der Waals surface area (Å²) in [5.74, 6) is -0.450. The lowest BCUT2D eigenvalue weighted by Crippen LogP contribution is -2.25. The summed E-state index contributed by atoms with van der Waals surface area (Å²) in [6.07, 6.45) is 2.94. The van der Waals surface area contributed by atoms with E-state index < -0.39 is 0 Å². The topological polar surface area (TPSA) is 63.2 Å². The Balaban J connectivity index is 1.66. The molecule has 0 aliphatic rings. The molecular weight excluding hydrogens is 405 g/mol. The largest absolute Gasteiger partial charge is 0.341 e. The van der Waals surface area contributed by atoms with Crippen LogP contribution in [0.2, 0.25) is 0 Å². The summed E-state index contributed by atoms with van der Waals surface area (Å²) in [6, 6.07) is 12.3. The highest BCUT2D eigenvalue weighted by molar-refractivity contribution is 5.94. The van der Waals surface area contributed by atoms with Crippen LogP contribution < -0.4 is 0 Å². The molecule has 3 aromatic rings. The van der Waals surface area contributed by atoms with E-state index in [2.05, 4.69) is 9.97 Å². The molecule has 0 bridgehead atoms. The minimum atomic E-state index is -0.375. The lowest BCUT2D eigenvalue weighted by Gasteiger charge is -2.17. The molecule has 5 nitrogen and oxygen atoms in total. The van der Waals surface area contributed by atoms with Gasteiger partial charge >= 0.3 is 0 Å². The number of benzene rings is 1. The zero-order valence-corrected chi connectivity index (χ0v) is 19.0. The van der Waals surface area contributed by atoms with E-state index in [1.807, 2.05) is 26.0 Å². The van der Waals surface area contributed by atoms with Gasteiger partial charge < -0.3 is 4.90 Å². The number of rotatable bonds is 8. The maximum absolute atomic E-state index is 14.6. The highest BCUT2D eigenvalue weighted by Gasteiger charge is 2.13. The van der Waals surface area contributed by atoms with Gasteiger partial charge in [-0.15, -0.1) is 0 Å². The quantitative estimate of drug-likeness (QED) is 0.465. The van der Waals surface area contributed by atoms with Crippen LogP contribution in [-0.4, -0.2) is 33.6 Å². The Hall–Kier alpha value is -3.41. The van der Waals surface area contributed by atoms with Crippen LogP contribution in [-0.2, 0) is 17.8 Å². The monoisotopic (exact) mass is 433 g/mol. The molecular formula is C26H28FN3O2. The first-order chi connectivity index (χ1) is 15.3. The molecule has 0 spiro atoms. The van der Waals surface area contributed by atoms with E-state index in [-0.39, 0.29) is 24.1 Å². The molecule has 2 aromatic heterocycles. The second-order valence-electron chi connectivity index (χ2n) is 7.96. The fourth-order valence-electron chi connectivity index (χ4n) is 3.55. The molecule has 0 saturated carbocycles. The third kappa shape index (κ3) is 5.63. The Kier molecular flexibility index (Phi) is 7.46. The maximum atomic E-state index is 14.6. The van der Waals surface area contributed by atoms with Gasteiger partial charge in [0.2, 0.25) is 5.91 Å². The van der Waals surface area contributed by atoms with Crippen LogP contribution in [0.5, 0.6) is 0 Å². The summed E-state index contributed by atoms with van der Waals surface area (Å²) in [5, 5.41) is 0. The van der Waals surface area contributed by atoms with Crippen molar-refractivity contribution in [3.8, 4) is 11.1 Å². The molecule has 6 heteroatoms. The maximum Gasteiger partial charge on any atom is 0.222 e. The van der Waals surface area contributed by atoms with E-state index in [0.717, 1.165) is 22.5 Å². The third-order valence-electron chi connectivity index (χ3n) is 5.53. The molecule has 1 aromatic carbocycles. The number of hydrogen-bond acceptors (Lipinski definition) is 4. The van der Waals surface area contributed by atoms with Gasteiger partial charge in [0.1, 0.15) is 11.5 Å². The standard InChI is InChI=1S/C26H28FN3O2/c1-5-26(32)30(4)16-22-9-8-20(14-23(22)27)21-10-12-24(28-15-21)25(31)13-11-19-7-6-17(2)29-18(19)3/h6-10,12,14-15H,5,11,13,16H2,1-4H3. The first-order valence-electron chi connectivity index (χ1n) is 10.7. The summed E-state index contributed by atoms with van der Waals surface area (Å²) in [5.41, 5.74) is 5.20. The second kappa shape index (κ2) is 10.3. The number of pyridine rings is 2. The summed E-state index contributed by atoms with van der Waals surface area (Å²) >= 11 is 0. The van der Waals surface area contributed by atoms with E-state index in [1.165, 1.54) is 11.0 Å². The van der Waals surface area contributed by atoms with E-state index >= 15 is 0 Å². The zero-order chi connectivity index (χ0) is 23.3. The Morgan fingerprint density at radius 3 is 2.34 bits per heavy atom. The van der Waals surface area contributed by atoms with Crippen LogP contribution in [0.1, 0.15) is 52.8 Å². The third-order valence-corrected chi connectivity index (χ3v) is 5.53. The molecule has 3 rings (SSSR count). The number of hydrogen-bond donors (Lipinski definition) is 0. The van der Waals surface area contributed by atoms with Crippen LogP contribution in [0.25, 0.3) is 11.1 Å². The number of Topliss-reactive ketones (excluding diaryl/α,β-unsaturated/α-hetero) is 1. The molecule has 0 unspecified atom stereocenters. The zero-order valence-electron chi connectivity index (χ0n) is 19.0. The van der Waals surface area contributed by atoms with E-state index in [1.54, 1.807) is 44.4 Å². The van der Waals surface area contributed by atoms with Crippen molar-refractivity contribution in [1.82, 2.24) is 14.9 Å². The smallest absolute Gasteiger partial charge is 0.222 e. The number of ketones is 1. The van der Waals surface area contributed by atoms with Gasteiger partial charge in [-0.05, 0) is 49.6 Å². The van der Waals surface area contributed by atoms with Gasteiger partial charge in [0.25, 0.3) is 0 Å². The molecule has 0 saturated heterocycles. The van der Waals surface area contributed by atoms with Crippen molar-refractivity contribution in [2.45, 2.75) is 46.6 Å². The van der Waals surface area contributed by atoms with E-state index in [4.69, 9.17) is 0 Å². The lowest BCUT2D eigenvalue weighted by atomic mass is 10.0. The highest BCUT2D eigenvalue weighted by atomic mass is 19.1. The fourth-order valence-corrected chi connectivity index (χ4v) is 3.55. The van der Waals surface area contributed by atoms with Crippen molar-refractivity contribution in [3.05, 3.63) is 82.7 Å². The van der Waals surface area contributed by atoms with Crippen molar-refractivity contribution in [1.29, 1.82) is 0 Å². The number of carbonyl (C=O) groups is 2. The molecule has 0 aliphatic heterocycles. The van der Waals surface area contributed by atoms with Gasteiger partial charge in [-0.3, -0.25) is 19.6 Å². The average molecular weight is 434 g/mol. The molecule has 0 atom stereocenters. The molecule has 0 N–H and O–H groups in total. The molecule has 0 radical (unpaired) electrons. The molecule has 32 heavy (non-hydrogen) atoms. The summed E-state index contributed by atoms with van der Waals surface area (Å²) in [4.78, 5) is 34.5. The van der Waals surface area contributed by atoms with Crippen LogP contribution in [0.4, 0.5) is 4.39 Å². The van der Waals surface area contributed by atoms with Crippen molar-refractivity contribution in [2.75, 3.05) is 7.05 Å². The Bertz CT molecular complexity index is 1130. The Morgan fingerprint density at radius 1 is 1.00 bits per heavy atom. The minimum Gasteiger partial charge on any atom is -0.341 e. The van der Waals surface area contributed by atoms with Crippen LogP contribution in [0, 0.1) is 19.7 Å². The van der Waals surface area contributed by atoms with Gasteiger partial charge in [-0.25, -0.2) is 4.39 Å². The summed E-state index contributed by atoms with van der Waals surface area (Å²) < 4.78 is 14.6. The molecule has 0 aliphatic carbocycles. The molecule has 166 valence electrons. The summed E-state index contributed by atoms with van der Waals surface area (Å²) in [7, 11) is 1.66. The summed E-state index contributed by atoms with van der Waals surface area (Å²) in [6.45, 7) is 5.89. The minimum absolute atomic E-state index is 0.0354. The predicted molar refractivity (Wildman–Crippen MR) is 123 cm³/mol. The number of aromatic nitrogens is 2. The van der Waals surface area contributed by atoms with Gasteiger partial charge in [0, 0.05) is 55.1 Å². The highest BCUT2D eigenvalue weighted by Crippen LogP contribution is 2.23. The van der Waals surface area contributed by atoms with Gasteiger partial charge in [0.05, 0.1) is 0 Å².